The van der Waals surface area contributed by atoms with Gasteiger partial charge in [0.05, 0.1) is 0 Å². The normalized spacial score (nSPS) is 14.3. The van der Waals surface area contributed by atoms with E-state index >= 15 is 0 Å². The first-order valence-corrected chi connectivity index (χ1v) is 5.39. The van der Waals surface area contributed by atoms with Crippen molar-refractivity contribution in [1.82, 2.24) is 9.97 Å². The smallest absolute Gasteiger partial charge is 0.331 e. The number of ketones is 1. The molecule has 0 saturated carbocycles. The van der Waals surface area contributed by atoms with Gasteiger partial charge >= 0.3 is 5.97 Å². The quantitative estimate of drug-likeness (QED) is 0.681. The Labute approximate surface area is 103 Å². The first-order chi connectivity index (χ1) is 8.45. The van der Waals surface area contributed by atoms with Gasteiger partial charge in [0.25, 0.3) is 0 Å². The second-order valence-electron chi connectivity index (χ2n) is 4.22. The van der Waals surface area contributed by atoms with E-state index in [9.17, 15) is 9.59 Å². The molecule has 0 aliphatic heterocycles. The Morgan fingerprint density at radius 1 is 1.56 bits per heavy atom. The molecule has 1 unspecified atom stereocenters. The molecule has 2 heterocycles. The molecule has 2 rings (SSSR count). The Bertz CT molecular complexity index is 604. The second kappa shape index (κ2) is 4.23. The van der Waals surface area contributed by atoms with Crippen molar-refractivity contribution in [3.05, 3.63) is 30.1 Å². The number of nitrogens with two attached hydrogens (primary N) is 1. The molecule has 0 saturated heterocycles. The van der Waals surface area contributed by atoms with E-state index in [2.05, 4.69) is 9.97 Å². The molecule has 4 N–H and O–H groups in total. The maximum absolute atomic E-state index is 11.4. The summed E-state index contributed by atoms with van der Waals surface area (Å²) in [6.07, 6.45) is 3.19. The van der Waals surface area contributed by atoms with Crippen LogP contribution >= 0.6 is 0 Å². The number of pyridine rings is 1. The van der Waals surface area contributed by atoms with Gasteiger partial charge in [0.15, 0.2) is 11.3 Å². The molecule has 0 aliphatic carbocycles. The van der Waals surface area contributed by atoms with Crippen LogP contribution in [-0.2, 0) is 16.0 Å². The van der Waals surface area contributed by atoms with Crippen LogP contribution in [-0.4, -0.2) is 32.4 Å². The van der Waals surface area contributed by atoms with Crippen LogP contribution in [0.15, 0.2) is 24.5 Å². The third-order valence-corrected chi connectivity index (χ3v) is 3.02. The van der Waals surface area contributed by atoms with Gasteiger partial charge < -0.3 is 15.8 Å². The summed E-state index contributed by atoms with van der Waals surface area (Å²) in [4.78, 5) is 29.6. The van der Waals surface area contributed by atoms with Crippen LogP contribution in [0.1, 0.15) is 12.5 Å². The van der Waals surface area contributed by atoms with Crippen LogP contribution in [0.5, 0.6) is 0 Å². The van der Waals surface area contributed by atoms with Gasteiger partial charge in [-0.2, -0.15) is 0 Å². The summed E-state index contributed by atoms with van der Waals surface area (Å²) < 4.78 is 0. The molecule has 6 nitrogen and oxygen atoms in total. The number of H-pyrrole nitrogens is 1. The number of aromatic nitrogens is 2. The highest BCUT2D eigenvalue weighted by Crippen LogP contribution is 2.21. The predicted octanol–water partition coefficient (Wildman–Crippen LogP) is 0.476. The maximum atomic E-state index is 11.4. The lowest BCUT2D eigenvalue weighted by Crippen LogP contribution is -2.55. The van der Waals surface area contributed by atoms with Crippen LogP contribution in [0.4, 0.5) is 0 Å². The van der Waals surface area contributed by atoms with E-state index in [0.29, 0.717) is 11.2 Å². The van der Waals surface area contributed by atoms with Crippen molar-refractivity contribution >= 4 is 22.8 Å². The van der Waals surface area contributed by atoms with Gasteiger partial charge in [0, 0.05) is 24.2 Å². The number of carboxylic acids is 1. The first-order valence-electron chi connectivity index (χ1n) is 5.39. The van der Waals surface area contributed by atoms with Gasteiger partial charge in [-0.25, -0.2) is 9.78 Å². The van der Waals surface area contributed by atoms with Crippen LogP contribution < -0.4 is 5.73 Å². The SMILES string of the molecule is CC(=O)C(N)(Cc1c[nH]c2ncccc12)C(=O)O. The summed E-state index contributed by atoms with van der Waals surface area (Å²) in [5.41, 5.74) is 5.09. The van der Waals surface area contributed by atoms with Gasteiger partial charge in [0.2, 0.25) is 0 Å². The number of hydrogen-bond acceptors (Lipinski definition) is 4. The molecule has 0 aliphatic rings. The van der Waals surface area contributed by atoms with Crippen LogP contribution in [0.25, 0.3) is 11.0 Å². The summed E-state index contributed by atoms with van der Waals surface area (Å²) in [6.45, 7) is 1.18. The van der Waals surface area contributed by atoms with E-state index in [0.717, 1.165) is 5.39 Å². The average molecular weight is 247 g/mol. The van der Waals surface area contributed by atoms with E-state index in [4.69, 9.17) is 10.8 Å². The highest BCUT2D eigenvalue weighted by Gasteiger charge is 2.39. The average Bonchev–Trinajstić information content (AvgIpc) is 2.72. The number of nitrogens with one attached hydrogen (secondary N) is 1. The fourth-order valence-corrected chi connectivity index (χ4v) is 1.81. The predicted molar refractivity (Wildman–Crippen MR) is 65.0 cm³/mol. The number of rotatable bonds is 4. The van der Waals surface area contributed by atoms with Crippen molar-refractivity contribution in [2.45, 2.75) is 18.9 Å². The third-order valence-electron chi connectivity index (χ3n) is 3.02. The molecular weight excluding hydrogens is 234 g/mol. The number of aliphatic carboxylic acids is 1. The fourth-order valence-electron chi connectivity index (χ4n) is 1.81. The minimum atomic E-state index is -1.90. The largest absolute Gasteiger partial charge is 0.480 e. The highest BCUT2D eigenvalue weighted by molar-refractivity contribution is 6.07. The van der Waals surface area contributed by atoms with Crippen LogP contribution in [0.3, 0.4) is 0 Å². The Balaban J connectivity index is 2.44. The van der Waals surface area contributed by atoms with Crippen molar-refractivity contribution in [3.63, 3.8) is 0 Å². The first kappa shape index (κ1) is 12.3. The minimum Gasteiger partial charge on any atom is -0.480 e. The van der Waals surface area contributed by atoms with E-state index in [-0.39, 0.29) is 6.42 Å². The molecule has 0 aromatic carbocycles. The molecule has 1 atom stereocenters. The summed E-state index contributed by atoms with van der Waals surface area (Å²) in [6, 6.07) is 3.54. The zero-order chi connectivity index (χ0) is 13.3. The van der Waals surface area contributed by atoms with E-state index in [1.807, 2.05) is 0 Å². The number of Topliss-reactive ketones (excluding diaryl/α,β-unsaturated/α-hetero) is 1. The zero-order valence-electron chi connectivity index (χ0n) is 9.80. The number of aromatic amines is 1. The minimum absolute atomic E-state index is 0.0661. The van der Waals surface area contributed by atoms with Crippen LogP contribution in [0.2, 0.25) is 0 Å². The van der Waals surface area contributed by atoms with E-state index in [1.54, 1.807) is 24.5 Å². The van der Waals surface area contributed by atoms with Gasteiger partial charge in [-0.15, -0.1) is 0 Å². The molecule has 0 bridgehead atoms. The van der Waals surface area contributed by atoms with Gasteiger partial charge in [-0.1, -0.05) is 0 Å². The molecule has 0 spiro atoms. The molecular formula is C12H13N3O3. The summed E-state index contributed by atoms with van der Waals surface area (Å²) in [7, 11) is 0. The van der Waals surface area contributed by atoms with Crippen molar-refractivity contribution in [1.29, 1.82) is 0 Å². The van der Waals surface area contributed by atoms with Crippen molar-refractivity contribution < 1.29 is 14.7 Å². The lowest BCUT2D eigenvalue weighted by molar-refractivity contribution is -0.147. The van der Waals surface area contributed by atoms with Gasteiger partial charge in [0.1, 0.15) is 5.65 Å². The van der Waals surface area contributed by atoms with Crippen molar-refractivity contribution in [2.24, 2.45) is 5.73 Å². The lowest BCUT2D eigenvalue weighted by Gasteiger charge is -2.20. The Morgan fingerprint density at radius 2 is 2.28 bits per heavy atom. The molecule has 0 amide bonds. The number of carboxylic acid groups (broad SMARTS) is 1. The standard InChI is InChI=1S/C12H13N3O3/c1-7(16)12(13,11(17)18)5-8-6-15-10-9(8)3-2-4-14-10/h2-4,6H,5,13H2,1H3,(H,14,15)(H,17,18). The summed E-state index contributed by atoms with van der Waals surface area (Å²) >= 11 is 0. The van der Waals surface area contributed by atoms with Gasteiger partial charge in [-0.05, 0) is 24.6 Å². The Morgan fingerprint density at radius 3 is 2.89 bits per heavy atom. The van der Waals surface area contributed by atoms with E-state index in [1.165, 1.54) is 6.92 Å². The molecule has 0 fully saturated rings. The topological polar surface area (TPSA) is 109 Å². The molecule has 0 radical (unpaired) electrons. The van der Waals surface area contributed by atoms with E-state index < -0.39 is 17.3 Å². The van der Waals surface area contributed by atoms with Crippen LogP contribution in [0, 0.1) is 0 Å². The second-order valence-corrected chi connectivity index (χ2v) is 4.22. The number of fused-ring (bicyclic) bond motifs is 1. The number of carbonyl (C=O) groups excluding carboxylic acids is 1. The maximum Gasteiger partial charge on any atom is 0.331 e. The molecule has 94 valence electrons. The monoisotopic (exact) mass is 247 g/mol. The molecule has 2 aromatic rings. The summed E-state index contributed by atoms with van der Waals surface area (Å²) in [5, 5.41) is 9.88. The molecule has 2 aromatic heterocycles. The number of carbonyl (C=O) groups is 2. The van der Waals surface area contributed by atoms with Crippen molar-refractivity contribution in [3.8, 4) is 0 Å². The van der Waals surface area contributed by atoms with Gasteiger partial charge in [-0.3, -0.25) is 4.79 Å². The highest BCUT2D eigenvalue weighted by atomic mass is 16.4. The lowest BCUT2D eigenvalue weighted by atomic mass is 9.88. The number of nitrogens with zero attached hydrogens (tertiary/aromatic N) is 1. The molecule has 6 heteroatoms. The van der Waals surface area contributed by atoms with Crippen molar-refractivity contribution in [2.75, 3.05) is 0 Å². The summed E-state index contributed by atoms with van der Waals surface area (Å²) in [5.74, 6) is -1.90. The Kier molecular flexibility index (Phi) is 2.88. The Hall–Kier alpha value is -2.21. The third kappa shape index (κ3) is 1.86. The fraction of sp³-hybridized carbons (Fsp3) is 0.250. The zero-order valence-corrected chi connectivity index (χ0v) is 9.80. The number of hydrogen-bond donors (Lipinski definition) is 3. The molecule has 18 heavy (non-hydrogen) atoms.